The fraction of sp³-hybridized carbons (Fsp3) is 0.406. The number of methoxy groups -OCH3 is 1. The van der Waals surface area contributed by atoms with E-state index < -0.39 is 29.4 Å². The van der Waals surface area contributed by atoms with Gasteiger partial charge in [-0.05, 0) is 69.1 Å². The van der Waals surface area contributed by atoms with Crippen molar-refractivity contribution in [3.8, 4) is 0 Å². The Balaban J connectivity index is 1.28. The molecule has 2 saturated carbocycles. The van der Waals surface area contributed by atoms with Gasteiger partial charge in [0, 0.05) is 29.3 Å². The number of esters is 1. The average Bonchev–Trinajstić information content (AvgIpc) is 3.71. The van der Waals surface area contributed by atoms with Crippen molar-refractivity contribution in [1.29, 1.82) is 0 Å². The molecule has 3 aromatic rings. The zero-order valence-corrected chi connectivity index (χ0v) is 24.3. The van der Waals surface area contributed by atoms with Gasteiger partial charge in [-0.1, -0.05) is 30.7 Å². The summed E-state index contributed by atoms with van der Waals surface area (Å²) in [6, 6.07) is 9.33. The molecule has 11 heteroatoms. The number of benzene rings is 1. The maximum absolute atomic E-state index is 13.4. The molecule has 2 aliphatic rings. The van der Waals surface area contributed by atoms with Gasteiger partial charge in [0.05, 0.1) is 7.11 Å². The molecule has 3 N–H and O–H groups in total. The van der Waals surface area contributed by atoms with Crippen molar-refractivity contribution in [1.82, 2.24) is 15.2 Å². The Bertz CT molecular complexity index is 1620. The first-order valence-electron chi connectivity index (χ1n) is 14.6. The van der Waals surface area contributed by atoms with Crippen LogP contribution >= 0.6 is 0 Å². The lowest BCUT2D eigenvalue weighted by molar-refractivity contribution is -0.134. The predicted molar refractivity (Wildman–Crippen MR) is 159 cm³/mol. The number of pyridine rings is 1. The lowest BCUT2D eigenvalue weighted by Gasteiger charge is -2.23. The van der Waals surface area contributed by atoms with Crippen LogP contribution < -0.4 is 21.5 Å². The Morgan fingerprint density at radius 3 is 2.65 bits per heavy atom. The molecule has 43 heavy (non-hydrogen) atoms. The molecule has 5 rings (SSSR count). The third-order valence-corrected chi connectivity index (χ3v) is 8.43. The van der Waals surface area contributed by atoms with E-state index in [9.17, 15) is 24.0 Å². The van der Waals surface area contributed by atoms with Crippen LogP contribution in [0.25, 0.3) is 11.0 Å². The number of fused-ring (bicyclic) bond motifs is 3. The van der Waals surface area contributed by atoms with Crippen LogP contribution in [-0.2, 0) is 25.7 Å². The number of amides is 3. The highest BCUT2D eigenvalue weighted by atomic mass is 16.5. The molecule has 226 valence electrons. The van der Waals surface area contributed by atoms with Crippen LogP contribution in [0.4, 0.5) is 5.69 Å². The van der Waals surface area contributed by atoms with E-state index in [1.807, 2.05) is 12.1 Å². The van der Waals surface area contributed by atoms with E-state index in [0.29, 0.717) is 23.0 Å². The molecule has 3 amide bonds. The average molecular weight is 589 g/mol. The SMILES string of the molecule is COC(=O)/C=C/CC[C@H](NC(=O)c1oc2ccccc2c1C)C(=O)Nc1cccn(CC(=O)N[C@@H]2C[C@@H]3CC[C@H]2C3)c1=O. The minimum absolute atomic E-state index is 0.0236. The molecule has 1 aromatic carbocycles. The number of carbonyl (C=O) groups is 4. The second-order valence-corrected chi connectivity index (χ2v) is 11.3. The number of aryl methyl sites for hydroxylation is 1. The number of anilines is 1. The summed E-state index contributed by atoms with van der Waals surface area (Å²) < 4.78 is 11.6. The molecule has 0 spiro atoms. The van der Waals surface area contributed by atoms with Gasteiger partial charge in [0.25, 0.3) is 11.5 Å². The Kier molecular flexibility index (Phi) is 9.08. The molecule has 2 bridgehead atoms. The Hall–Kier alpha value is -4.67. The van der Waals surface area contributed by atoms with Crippen molar-refractivity contribution in [3.05, 3.63) is 76.4 Å². The van der Waals surface area contributed by atoms with Crippen molar-refractivity contribution in [2.24, 2.45) is 11.8 Å². The maximum Gasteiger partial charge on any atom is 0.330 e. The number of ether oxygens (including phenoxy) is 1. The number of carbonyl (C=O) groups excluding carboxylic acids is 4. The maximum atomic E-state index is 13.4. The molecular weight excluding hydrogens is 552 g/mol. The van der Waals surface area contributed by atoms with Gasteiger partial charge in [-0.2, -0.15) is 0 Å². The molecule has 4 atom stereocenters. The fourth-order valence-electron chi connectivity index (χ4n) is 6.20. The van der Waals surface area contributed by atoms with Gasteiger partial charge in [-0.25, -0.2) is 4.79 Å². The molecule has 2 aromatic heterocycles. The molecule has 2 aliphatic carbocycles. The van der Waals surface area contributed by atoms with E-state index >= 15 is 0 Å². The van der Waals surface area contributed by atoms with Crippen LogP contribution in [-0.4, -0.2) is 47.5 Å². The second kappa shape index (κ2) is 13.1. The van der Waals surface area contributed by atoms with E-state index in [0.717, 1.165) is 24.6 Å². The third kappa shape index (κ3) is 6.87. The summed E-state index contributed by atoms with van der Waals surface area (Å²) in [5.41, 5.74) is 0.612. The van der Waals surface area contributed by atoms with Crippen LogP contribution in [0.1, 0.15) is 54.6 Å². The monoisotopic (exact) mass is 588 g/mol. The van der Waals surface area contributed by atoms with E-state index in [1.165, 1.54) is 42.5 Å². The normalized spacial score (nSPS) is 19.8. The van der Waals surface area contributed by atoms with E-state index in [2.05, 4.69) is 20.7 Å². The topological polar surface area (TPSA) is 149 Å². The molecule has 2 fully saturated rings. The third-order valence-electron chi connectivity index (χ3n) is 8.43. The summed E-state index contributed by atoms with van der Waals surface area (Å²) in [5, 5.41) is 9.18. The summed E-state index contributed by atoms with van der Waals surface area (Å²) in [6.07, 6.45) is 9.14. The van der Waals surface area contributed by atoms with Gasteiger partial charge in [0.15, 0.2) is 5.76 Å². The fourth-order valence-corrected chi connectivity index (χ4v) is 6.20. The highest BCUT2D eigenvalue weighted by Crippen LogP contribution is 2.44. The number of nitrogens with one attached hydrogen (secondary N) is 3. The summed E-state index contributed by atoms with van der Waals surface area (Å²) in [7, 11) is 1.26. The first kappa shape index (κ1) is 29.8. The molecule has 0 aliphatic heterocycles. The quantitative estimate of drug-likeness (QED) is 0.229. The summed E-state index contributed by atoms with van der Waals surface area (Å²) in [6.45, 7) is 1.59. The molecule has 0 radical (unpaired) electrons. The van der Waals surface area contributed by atoms with E-state index in [-0.39, 0.29) is 42.8 Å². The minimum atomic E-state index is -1.07. The Morgan fingerprint density at radius 1 is 1.12 bits per heavy atom. The first-order chi connectivity index (χ1) is 20.7. The zero-order valence-electron chi connectivity index (χ0n) is 24.3. The highest BCUT2D eigenvalue weighted by molar-refractivity contribution is 6.03. The molecule has 2 heterocycles. The molecule has 11 nitrogen and oxygen atoms in total. The van der Waals surface area contributed by atoms with Crippen LogP contribution in [0.15, 0.2) is 64.0 Å². The number of nitrogens with zero attached hydrogens (tertiary/aromatic N) is 1. The standard InChI is InChI=1S/C32H36N4O7/c1-19-22-8-3-5-11-26(22)43-29(19)31(40)34-23(9-4-6-12-28(38)42-2)30(39)35-24-10-7-15-36(32(24)41)18-27(37)33-25-17-20-13-14-21(25)16-20/h3,5-8,10-12,15,20-21,23,25H,4,9,13-14,16-18H2,1-2H3,(H,33,37)(H,34,40)(H,35,39)/b12-6+/t20-,21+,23+,25-/m1/s1. The van der Waals surface area contributed by atoms with Gasteiger partial charge < -0.3 is 29.7 Å². The van der Waals surface area contributed by atoms with Crippen molar-refractivity contribution in [3.63, 3.8) is 0 Å². The van der Waals surface area contributed by atoms with Crippen LogP contribution in [0, 0.1) is 18.8 Å². The highest BCUT2D eigenvalue weighted by Gasteiger charge is 2.40. The van der Waals surface area contributed by atoms with Crippen molar-refractivity contribution in [2.45, 2.75) is 64.1 Å². The second-order valence-electron chi connectivity index (χ2n) is 11.3. The van der Waals surface area contributed by atoms with Crippen molar-refractivity contribution in [2.75, 3.05) is 12.4 Å². The first-order valence-corrected chi connectivity index (χ1v) is 14.6. The number of aromatic nitrogens is 1. The summed E-state index contributed by atoms with van der Waals surface area (Å²) in [4.78, 5) is 64.0. The smallest absolute Gasteiger partial charge is 0.330 e. The molecular formula is C32H36N4O7. The molecule has 0 unspecified atom stereocenters. The minimum Gasteiger partial charge on any atom is -0.466 e. The summed E-state index contributed by atoms with van der Waals surface area (Å²) >= 11 is 0. The van der Waals surface area contributed by atoms with Gasteiger partial charge in [-0.3, -0.25) is 19.2 Å². The number of hydrogen-bond acceptors (Lipinski definition) is 7. The Morgan fingerprint density at radius 2 is 1.93 bits per heavy atom. The van der Waals surface area contributed by atoms with Crippen LogP contribution in [0.5, 0.6) is 0 Å². The van der Waals surface area contributed by atoms with Gasteiger partial charge in [0.1, 0.15) is 23.9 Å². The summed E-state index contributed by atoms with van der Waals surface area (Å²) in [5.74, 6) is -0.744. The number of furan rings is 1. The van der Waals surface area contributed by atoms with Gasteiger partial charge in [0.2, 0.25) is 11.8 Å². The number of rotatable bonds is 11. The molecule has 0 saturated heterocycles. The lowest BCUT2D eigenvalue weighted by atomic mass is 9.95. The van der Waals surface area contributed by atoms with Crippen molar-refractivity contribution < 1.29 is 28.3 Å². The van der Waals surface area contributed by atoms with Gasteiger partial charge in [-0.15, -0.1) is 0 Å². The Labute approximate surface area is 248 Å². The van der Waals surface area contributed by atoms with Crippen molar-refractivity contribution >= 4 is 40.3 Å². The zero-order chi connectivity index (χ0) is 30.5. The van der Waals surface area contributed by atoms with Gasteiger partial charge >= 0.3 is 5.97 Å². The number of hydrogen-bond donors (Lipinski definition) is 3. The van der Waals surface area contributed by atoms with E-state index in [1.54, 1.807) is 25.1 Å². The predicted octanol–water partition coefficient (Wildman–Crippen LogP) is 3.45. The lowest BCUT2D eigenvalue weighted by Crippen LogP contribution is -2.45. The van der Waals surface area contributed by atoms with Crippen LogP contribution in [0.2, 0.25) is 0 Å². The number of para-hydroxylation sites is 1. The number of allylic oxidation sites excluding steroid dienone is 1. The van der Waals surface area contributed by atoms with Crippen LogP contribution in [0.3, 0.4) is 0 Å². The van der Waals surface area contributed by atoms with E-state index in [4.69, 9.17) is 4.42 Å². The largest absolute Gasteiger partial charge is 0.466 e.